The first-order valence-corrected chi connectivity index (χ1v) is 5.94. The van der Waals surface area contributed by atoms with E-state index in [2.05, 4.69) is 0 Å². The summed E-state index contributed by atoms with van der Waals surface area (Å²) in [5.74, 6) is -2.33. The van der Waals surface area contributed by atoms with Crippen LogP contribution in [-0.2, 0) is 16.0 Å². The second-order valence-electron chi connectivity index (χ2n) is 4.28. The Balaban J connectivity index is 2.14. The molecule has 1 aromatic rings. The molecule has 1 N–H and O–H groups in total. The number of carbonyl (C=O) groups excluding carboxylic acids is 2. The van der Waals surface area contributed by atoms with Crippen LogP contribution in [0, 0.1) is 5.92 Å². The van der Waals surface area contributed by atoms with Crippen LogP contribution in [0.5, 0.6) is 0 Å². The summed E-state index contributed by atoms with van der Waals surface area (Å²) in [5, 5.41) is 8.99. The van der Waals surface area contributed by atoms with Gasteiger partial charge in [-0.15, -0.1) is 0 Å². The number of fused-ring (bicyclic) bond motifs is 1. The molecule has 94 valence electrons. The zero-order valence-corrected chi connectivity index (χ0v) is 10.2. The number of carboxylic acids is 1. The van der Waals surface area contributed by atoms with Gasteiger partial charge in [0.1, 0.15) is 5.78 Å². The molecule has 0 aromatic heterocycles. The number of benzene rings is 1. The third-order valence-electron chi connectivity index (χ3n) is 3.05. The topological polar surface area (TPSA) is 71.4 Å². The first kappa shape index (κ1) is 12.8. The summed E-state index contributed by atoms with van der Waals surface area (Å²) < 4.78 is 0. The van der Waals surface area contributed by atoms with Crippen LogP contribution in [0.15, 0.2) is 18.2 Å². The van der Waals surface area contributed by atoms with Crippen molar-refractivity contribution in [3.8, 4) is 0 Å². The smallest absolute Gasteiger partial charge is 0.303 e. The molecule has 0 amide bonds. The number of rotatable bonds is 4. The van der Waals surface area contributed by atoms with Gasteiger partial charge in [-0.3, -0.25) is 14.4 Å². The van der Waals surface area contributed by atoms with Crippen molar-refractivity contribution >= 4 is 29.1 Å². The average molecular weight is 267 g/mol. The minimum Gasteiger partial charge on any atom is -0.481 e. The van der Waals surface area contributed by atoms with E-state index in [0.29, 0.717) is 17.0 Å². The number of hydrogen-bond donors (Lipinski definition) is 1. The average Bonchev–Trinajstić information content (AvgIpc) is 2.64. The number of carboxylic acid groups (broad SMARTS) is 1. The lowest BCUT2D eigenvalue weighted by Crippen LogP contribution is -2.21. The predicted octanol–water partition coefficient (Wildman–Crippen LogP) is 2.13. The second kappa shape index (κ2) is 4.90. The van der Waals surface area contributed by atoms with Crippen molar-refractivity contribution < 1.29 is 19.5 Å². The van der Waals surface area contributed by atoms with Gasteiger partial charge in [-0.05, 0) is 24.1 Å². The highest BCUT2D eigenvalue weighted by molar-refractivity contribution is 6.31. The molecule has 0 spiro atoms. The third-order valence-corrected chi connectivity index (χ3v) is 3.29. The van der Waals surface area contributed by atoms with Crippen molar-refractivity contribution in [3.05, 3.63) is 34.3 Å². The molecule has 1 aromatic carbocycles. The number of aliphatic carboxylic acids is 1. The van der Waals surface area contributed by atoms with Gasteiger partial charge in [-0.1, -0.05) is 17.7 Å². The van der Waals surface area contributed by atoms with Crippen molar-refractivity contribution in [3.63, 3.8) is 0 Å². The summed E-state index contributed by atoms with van der Waals surface area (Å²) in [7, 11) is 0. The fraction of sp³-hybridized carbons (Fsp3) is 0.308. The highest BCUT2D eigenvalue weighted by atomic mass is 35.5. The van der Waals surface area contributed by atoms with Crippen molar-refractivity contribution in [1.82, 2.24) is 0 Å². The minimum absolute atomic E-state index is 0.104. The second-order valence-corrected chi connectivity index (χ2v) is 4.72. The molecule has 5 heteroatoms. The number of halogens is 1. The maximum Gasteiger partial charge on any atom is 0.303 e. The Bertz CT molecular complexity index is 536. The maximum atomic E-state index is 12.0. The zero-order chi connectivity index (χ0) is 13.3. The van der Waals surface area contributed by atoms with Crippen molar-refractivity contribution in [2.24, 2.45) is 5.92 Å². The molecule has 0 saturated heterocycles. The van der Waals surface area contributed by atoms with Crippen LogP contribution in [0.1, 0.15) is 28.8 Å². The van der Waals surface area contributed by atoms with Gasteiger partial charge < -0.3 is 5.11 Å². The molecule has 18 heavy (non-hydrogen) atoms. The lowest BCUT2D eigenvalue weighted by molar-refractivity contribution is -0.138. The number of ketones is 2. The van der Waals surface area contributed by atoms with E-state index in [9.17, 15) is 14.4 Å². The summed E-state index contributed by atoms with van der Waals surface area (Å²) >= 11 is 5.80. The summed E-state index contributed by atoms with van der Waals surface area (Å²) in [4.78, 5) is 34.2. The summed E-state index contributed by atoms with van der Waals surface area (Å²) in [6.07, 6.45) is 0.0109. The molecule has 0 fully saturated rings. The van der Waals surface area contributed by atoms with Gasteiger partial charge in [0.2, 0.25) is 0 Å². The molecule has 1 aliphatic rings. The first-order chi connectivity index (χ1) is 8.49. The monoisotopic (exact) mass is 266 g/mol. The summed E-state index contributed by atoms with van der Waals surface area (Å²) in [6.45, 7) is 0. The molecule has 4 nitrogen and oxygen atoms in total. The van der Waals surface area contributed by atoms with E-state index in [1.165, 1.54) is 0 Å². The van der Waals surface area contributed by atoms with Gasteiger partial charge in [-0.25, -0.2) is 0 Å². The Labute approximate surface area is 109 Å². The van der Waals surface area contributed by atoms with Gasteiger partial charge in [0.25, 0.3) is 0 Å². The molecule has 0 saturated carbocycles. The Hall–Kier alpha value is -1.68. The van der Waals surface area contributed by atoms with E-state index in [1.807, 2.05) is 0 Å². The van der Waals surface area contributed by atoms with Crippen LogP contribution >= 0.6 is 11.6 Å². The number of carbonyl (C=O) groups is 3. The highest BCUT2D eigenvalue weighted by Gasteiger charge is 2.35. The van der Waals surface area contributed by atoms with Crippen LogP contribution in [0.4, 0.5) is 0 Å². The van der Waals surface area contributed by atoms with Crippen molar-refractivity contribution in [1.29, 1.82) is 0 Å². The molecular weight excluding hydrogens is 256 g/mol. The Morgan fingerprint density at radius 2 is 2.06 bits per heavy atom. The number of Topliss-reactive ketones (excluding diaryl/α,β-unsaturated/α-hetero) is 2. The van der Waals surface area contributed by atoms with Crippen molar-refractivity contribution in [2.75, 3.05) is 0 Å². The maximum absolute atomic E-state index is 12.0. The Morgan fingerprint density at radius 1 is 1.33 bits per heavy atom. The molecule has 1 aliphatic carbocycles. The van der Waals surface area contributed by atoms with Crippen LogP contribution in [-0.4, -0.2) is 22.6 Å². The lowest BCUT2D eigenvalue weighted by atomic mass is 9.96. The summed E-state index contributed by atoms with van der Waals surface area (Å²) in [6, 6.07) is 4.97. The van der Waals surface area contributed by atoms with E-state index in [1.54, 1.807) is 18.2 Å². The first-order valence-electron chi connectivity index (χ1n) is 5.56. The van der Waals surface area contributed by atoms with Gasteiger partial charge >= 0.3 is 5.97 Å². The van der Waals surface area contributed by atoms with E-state index >= 15 is 0 Å². The van der Waals surface area contributed by atoms with E-state index in [0.717, 1.165) is 5.56 Å². The summed E-state index contributed by atoms with van der Waals surface area (Å²) in [5.41, 5.74) is 1.29. The van der Waals surface area contributed by atoms with E-state index < -0.39 is 11.9 Å². The Kier molecular flexibility index (Phi) is 3.48. The standard InChI is InChI=1S/C13H11ClO4/c14-8-2-1-7-5-10(13(18)9(7)6-8)11(15)3-4-12(16)17/h1-2,6,10H,3-5H2,(H,16,17). The van der Waals surface area contributed by atoms with E-state index in [-0.39, 0.29) is 24.4 Å². The van der Waals surface area contributed by atoms with Gasteiger partial charge in [0, 0.05) is 17.0 Å². The van der Waals surface area contributed by atoms with E-state index in [4.69, 9.17) is 16.7 Å². The van der Waals surface area contributed by atoms with Crippen LogP contribution in [0.25, 0.3) is 0 Å². The molecule has 1 unspecified atom stereocenters. The molecular formula is C13H11ClO4. The molecule has 0 radical (unpaired) electrons. The minimum atomic E-state index is -1.03. The lowest BCUT2D eigenvalue weighted by Gasteiger charge is -2.04. The molecule has 2 rings (SSSR count). The third kappa shape index (κ3) is 2.43. The van der Waals surface area contributed by atoms with Gasteiger partial charge in [0.05, 0.1) is 12.3 Å². The molecule has 1 atom stereocenters. The van der Waals surface area contributed by atoms with Crippen LogP contribution in [0.2, 0.25) is 5.02 Å². The SMILES string of the molecule is O=C(O)CCC(=O)C1Cc2ccc(Cl)cc2C1=O. The van der Waals surface area contributed by atoms with Crippen LogP contribution in [0.3, 0.4) is 0 Å². The van der Waals surface area contributed by atoms with Crippen molar-refractivity contribution in [2.45, 2.75) is 19.3 Å². The molecule has 0 aliphatic heterocycles. The van der Waals surface area contributed by atoms with Gasteiger partial charge in [-0.2, -0.15) is 0 Å². The highest BCUT2D eigenvalue weighted by Crippen LogP contribution is 2.30. The number of hydrogen-bond acceptors (Lipinski definition) is 3. The van der Waals surface area contributed by atoms with Crippen LogP contribution < -0.4 is 0 Å². The molecule has 0 bridgehead atoms. The predicted molar refractivity (Wildman–Crippen MR) is 64.9 cm³/mol. The normalized spacial score (nSPS) is 17.6. The Morgan fingerprint density at radius 3 is 2.72 bits per heavy atom. The largest absolute Gasteiger partial charge is 0.481 e. The van der Waals surface area contributed by atoms with Gasteiger partial charge in [0.15, 0.2) is 5.78 Å². The fourth-order valence-corrected chi connectivity index (χ4v) is 2.29. The fourth-order valence-electron chi connectivity index (χ4n) is 2.12. The quantitative estimate of drug-likeness (QED) is 0.848. The molecule has 0 heterocycles. The zero-order valence-electron chi connectivity index (χ0n) is 9.48.